The molecule has 2 N–H and O–H groups in total. The highest BCUT2D eigenvalue weighted by atomic mass is 35.5. The van der Waals surface area contributed by atoms with Crippen LogP contribution < -0.4 is 10.6 Å². The maximum absolute atomic E-state index is 12.0. The number of hydrogen-bond acceptors (Lipinski definition) is 3. The summed E-state index contributed by atoms with van der Waals surface area (Å²) in [6.07, 6.45) is 0. The molecule has 0 aliphatic carbocycles. The molecular formula is C16H16Cl2N2O3. The Morgan fingerprint density at radius 2 is 1.96 bits per heavy atom. The third-order valence-corrected chi connectivity index (χ3v) is 3.70. The number of halogens is 2. The van der Waals surface area contributed by atoms with Crippen molar-refractivity contribution in [2.75, 3.05) is 6.54 Å². The second-order valence-electron chi connectivity index (χ2n) is 5.04. The Morgan fingerprint density at radius 1 is 1.22 bits per heavy atom. The molecule has 0 bridgehead atoms. The average molecular weight is 355 g/mol. The molecule has 1 atom stereocenters. The highest BCUT2D eigenvalue weighted by molar-refractivity contribution is 6.36. The van der Waals surface area contributed by atoms with E-state index in [2.05, 4.69) is 10.6 Å². The van der Waals surface area contributed by atoms with Gasteiger partial charge in [0.05, 0.1) is 23.2 Å². The number of amides is 2. The number of furan rings is 1. The van der Waals surface area contributed by atoms with Gasteiger partial charge in [-0.15, -0.1) is 0 Å². The molecule has 1 aromatic heterocycles. The van der Waals surface area contributed by atoms with Gasteiger partial charge >= 0.3 is 0 Å². The van der Waals surface area contributed by atoms with Gasteiger partial charge in [0.25, 0.3) is 5.91 Å². The van der Waals surface area contributed by atoms with Crippen molar-refractivity contribution < 1.29 is 14.0 Å². The van der Waals surface area contributed by atoms with Gasteiger partial charge in [-0.3, -0.25) is 9.59 Å². The van der Waals surface area contributed by atoms with Crippen molar-refractivity contribution in [3.05, 3.63) is 57.5 Å². The van der Waals surface area contributed by atoms with Crippen molar-refractivity contribution in [3.8, 4) is 0 Å². The second kappa shape index (κ2) is 7.53. The first kappa shape index (κ1) is 17.4. The Kier molecular flexibility index (Phi) is 5.69. The van der Waals surface area contributed by atoms with Crippen molar-refractivity contribution in [1.29, 1.82) is 0 Å². The Hall–Kier alpha value is -1.98. The van der Waals surface area contributed by atoms with Gasteiger partial charge in [0, 0.05) is 5.02 Å². The van der Waals surface area contributed by atoms with Gasteiger partial charge < -0.3 is 15.1 Å². The Morgan fingerprint density at radius 3 is 2.57 bits per heavy atom. The zero-order valence-corrected chi connectivity index (χ0v) is 14.2. The maximum atomic E-state index is 12.0. The van der Waals surface area contributed by atoms with Crippen molar-refractivity contribution in [2.24, 2.45) is 0 Å². The normalized spacial score (nSPS) is 11.8. The van der Waals surface area contributed by atoms with Crippen LogP contribution >= 0.6 is 23.2 Å². The van der Waals surface area contributed by atoms with E-state index in [9.17, 15) is 9.59 Å². The lowest BCUT2D eigenvalue weighted by atomic mass is 10.2. The molecule has 0 fully saturated rings. The number of nitrogens with one attached hydrogen (secondary N) is 2. The number of aryl methyl sites for hydroxylation is 1. The molecule has 0 spiro atoms. The minimum absolute atomic E-state index is 0.165. The zero-order valence-electron chi connectivity index (χ0n) is 12.7. The fraction of sp³-hybridized carbons (Fsp3) is 0.250. The molecule has 122 valence electrons. The smallest absolute Gasteiger partial charge is 0.253 e. The number of benzene rings is 1. The third kappa shape index (κ3) is 4.74. The molecule has 5 nitrogen and oxygen atoms in total. The van der Waals surface area contributed by atoms with Gasteiger partial charge in [-0.05, 0) is 44.2 Å². The predicted molar refractivity (Wildman–Crippen MR) is 88.8 cm³/mol. The van der Waals surface area contributed by atoms with Gasteiger partial charge in [-0.1, -0.05) is 23.2 Å². The summed E-state index contributed by atoms with van der Waals surface area (Å²) in [6.45, 7) is 3.46. The minimum Gasteiger partial charge on any atom is -0.464 e. The molecular weight excluding hydrogens is 339 g/mol. The molecule has 0 saturated carbocycles. The van der Waals surface area contributed by atoms with Crippen LogP contribution in [0.5, 0.6) is 0 Å². The summed E-state index contributed by atoms with van der Waals surface area (Å²) in [4.78, 5) is 23.9. The van der Waals surface area contributed by atoms with E-state index in [1.54, 1.807) is 19.1 Å². The van der Waals surface area contributed by atoms with Crippen LogP contribution in [0.1, 0.15) is 34.8 Å². The topological polar surface area (TPSA) is 71.3 Å². The third-order valence-electron chi connectivity index (χ3n) is 3.15. The van der Waals surface area contributed by atoms with E-state index in [0.717, 1.165) is 5.76 Å². The van der Waals surface area contributed by atoms with E-state index < -0.39 is 5.91 Å². The molecule has 2 rings (SSSR count). The largest absolute Gasteiger partial charge is 0.464 e. The SMILES string of the molecule is Cc1ccc(C(C)NC(=O)CNC(=O)c2ccc(Cl)cc2Cl)o1. The highest BCUT2D eigenvalue weighted by Crippen LogP contribution is 2.20. The number of carbonyl (C=O) groups is 2. The molecule has 0 radical (unpaired) electrons. The average Bonchev–Trinajstić information content (AvgIpc) is 2.91. The highest BCUT2D eigenvalue weighted by Gasteiger charge is 2.15. The van der Waals surface area contributed by atoms with E-state index >= 15 is 0 Å². The molecule has 1 aromatic carbocycles. The molecule has 2 amide bonds. The molecule has 0 aliphatic rings. The lowest BCUT2D eigenvalue weighted by Gasteiger charge is -2.12. The van der Waals surface area contributed by atoms with E-state index in [1.807, 2.05) is 13.0 Å². The van der Waals surface area contributed by atoms with Crippen LogP contribution in [0.3, 0.4) is 0 Å². The summed E-state index contributed by atoms with van der Waals surface area (Å²) in [6, 6.07) is 7.87. The first-order valence-corrected chi connectivity index (χ1v) is 7.71. The molecule has 0 saturated heterocycles. The van der Waals surface area contributed by atoms with Crippen molar-refractivity contribution in [1.82, 2.24) is 10.6 Å². The van der Waals surface area contributed by atoms with E-state index in [4.69, 9.17) is 27.6 Å². The zero-order chi connectivity index (χ0) is 17.0. The molecule has 1 heterocycles. The van der Waals surface area contributed by atoms with Gasteiger partial charge in [0.2, 0.25) is 5.91 Å². The van der Waals surface area contributed by atoms with Crippen LogP contribution in [0.4, 0.5) is 0 Å². The monoisotopic (exact) mass is 354 g/mol. The van der Waals surface area contributed by atoms with E-state index in [0.29, 0.717) is 10.8 Å². The summed E-state index contributed by atoms with van der Waals surface area (Å²) < 4.78 is 5.44. The van der Waals surface area contributed by atoms with Gasteiger partial charge in [0.15, 0.2) is 0 Å². The molecule has 0 aliphatic heterocycles. The van der Waals surface area contributed by atoms with Crippen molar-refractivity contribution >= 4 is 35.0 Å². The quantitative estimate of drug-likeness (QED) is 0.862. The van der Waals surface area contributed by atoms with Crippen LogP contribution in [-0.4, -0.2) is 18.4 Å². The first-order valence-electron chi connectivity index (χ1n) is 6.95. The summed E-state index contributed by atoms with van der Waals surface area (Å²) in [5.41, 5.74) is 0.263. The first-order chi connectivity index (χ1) is 10.9. The number of rotatable bonds is 5. The lowest BCUT2D eigenvalue weighted by Crippen LogP contribution is -2.38. The van der Waals surface area contributed by atoms with E-state index in [1.165, 1.54) is 12.1 Å². The van der Waals surface area contributed by atoms with Crippen molar-refractivity contribution in [2.45, 2.75) is 19.9 Å². The van der Waals surface area contributed by atoms with Crippen LogP contribution in [0.25, 0.3) is 0 Å². The molecule has 23 heavy (non-hydrogen) atoms. The lowest BCUT2D eigenvalue weighted by molar-refractivity contribution is -0.120. The number of carbonyl (C=O) groups excluding carboxylic acids is 2. The van der Waals surface area contributed by atoms with Gasteiger partial charge in [-0.25, -0.2) is 0 Å². The van der Waals surface area contributed by atoms with Crippen LogP contribution in [0.2, 0.25) is 10.0 Å². The minimum atomic E-state index is -0.441. The predicted octanol–water partition coefficient (Wildman–Crippen LogP) is 3.50. The Balaban J connectivity index is 1.87. The maximum Gasteiger partial charge on any atom is 0.253 e. The van der Waals surface area contributed by atoms with Crippen LogP contribution in [-0.2, 0) is 4.79 Å². The Labute approximate surface area is 144 Å². The van der Waals surface area contributed by atoms with Gasteiger partial charge in [-0.2, -0.15) is 0 Å². The fourth-order valence-electron chi connectivity index (χ4n) is 1.98. The summed E-state index contributed by atoms with van der Waals surface area (Å²) in [5, 5.41) is 5.92. The fourth-order valence-corrected chi connectivity index (χ4v) is 2.47. The standard InChI is InChI=1S/C16H16Cl2N2O3/c1-9-3-6-14(23-9)10(2)20-15(21)8-19-16(22)12-5-4-11(17)7-13(12)18/h3-7,10H,8H2,1-2H3,(H,19,22)(H,20,21). The second-order valence-corrected chi connectivity index (χ2v) is 5.89. The van der Waals surface area contributed by atoms with E-state index in [-0.39, 0.29) is 29.1 Å². The number of hydrogen-bond donors (Lipinski definition) is 2. The molecule has 1 unspecified atom stereocenters. The van der Waals surface area contributed by atoms with Crippen LogP contribution in [0.15, 0.2) is 34.7 Å². The Bertz CT molecular complexity index is 728. The summed E-state index contributed by atoms with van der Waals surface area (Å²) in [5.74, 6) is 0.656. The summed E-state index contributed by atoms with van der Waals surface area (Å²) >= 11 is 11.7. The van der Waals surface area contributed by atoms with Crippen LogP contribution in [0, 0.1) is 6.92 Å². The van der Waals surface area contributed by atoms with Crippen molar-refractivity contribution in [3.63, 3.8) is 0 Å². The molecule has 2 aromatic rings. The molecule has 7 heteroatoms. The summed E-state index contributed by atoms with van der Waals surface area (Å²) in [7, 11) is 0. The van der Waals surface area contributed by atoms with Gasteiger partial charge in [0.1, 0.15) is 11.5 Å².